The smallest absolute Gasteiger partial charge is 0.240 e. The summed E-state index contributed by atoms with van der Waals surface area (Å²) < 4.78 is 23.1. The second-order valence-electron chi connectivity index (χ2n) is 5.16. The van der Waals surface area contributed by atoms with E-state index in [1.165, 1.54) is 6.26 Å². The first-order valence-corrected chi connectivity index (χ1v) is 9.71. The third-order valence-corrected chi connectivity index (χ3v) is 5.36. The summed E-state index contributed by atoms with van der Waals surface area (Å²) in [6.45, 7) is 0. The number of benzene rings is 2. The summed E-state index contributed by atoms with van der Waals surface area (Å²) in [5, 5.41) is 1.76. The number of hydrogen-bond donors (Lipinski definition) is 0. The molecule has 5 heteroatoms. The van der Waals surface area contributed by atoms with Crippen molar-refractivity contribution in [2.45, 2.75) is 4.90 Å². The van der Waals surface area contributed by atoms with Gasteiger partial charge in [-0.05, 0) is 40.3 Å². The molecule has 0 saturated heterocycles. The van der Waals surface area contributed by atoms with Crippen LogP contribution in [-0.4, -0.2) is 14.7 Å². The Morgan fingerprint density at radius 3 is 2.09 bits per heavy atom. The second kappa shape index (κ2) is 6.10. The molecule has 1 heterocycles. The molecule has 23 heavy (non-hydrogen) atoms. The van der Waals surface area contributed by atoms with Crippen molar-refractivity contribution in [2.24, 2.45) is 0 Å². The van der Waals surface area contributed by atoms with Crippen molar-refractivity contribution in [3.63, 3.8) is 0 Å². The maximum absolute atomic E-state index is 12.4. The van der Waals surface area contributed by atoms with Crippen LogP contribution in [0.25, 0.3) is 22.3 Å². The van der Waals surface area contributed by atoms with Gasteiger partial charge >= 0.3 is 0 Å². The fraction of sp³-hybridized carbons (Fsp3) is 0.0556. The molecule has 2 aromatic carbocycles. The summed E-state index contributed by atoms with van der Waals surface area (Å²) in [6.07, 6.45) is 1.18. The van der Waals surface area contributed by atoms with Gasteiger partial charge in [0.2, 0.25) is 4.74 Å². The first-order valence-electron chi connectivity index (χ1n) is 6.94. The highest BCUT2D eigenvalue weighted by atomic mass is 32.2. The van der Waals surface area contributed by atoms with E-state index < -0.39 is 9.84 Å². The summed E-state index contributed by atoms with van der Waals surface area (Å²) in [5.41, 5.74) is 3.13. The predicted molar refractivity (Wildman–Crippen MR) is 94.6 cm³/mol. The van der Waals surface area contributed by atoms with Gasteiger partial charge in [-0.2, -0.15) is 0 Å². The summed E-state index contributed by atoms with van der Waals surface area (Å²) in [5.74, 6) is 0. The van der Waals surface area contributed by atoms with Crippen LogP contribution in [0.4, 0.5) is 0 Å². The maximum atomic E-state index is 12.4. The Labute approximate surface area is 138 Å². The minimum atomic E-state index is -3.23. The number of sulfone groups is 1. The molecule has 0 saturated carbocycles. The Hall–Kier alpha value is -2.24. The zero-order chi connectivity index (χ0) is 16.4. The molecule has 116 valence electrons. The zero-order valence-electron chi connectivity index (χ0n) is 12.4. The first-order chi connectivity index (χ1) is 11.0. The molecule has 3 aromatic rings. The molecule has 0 radical (unpaired) electrons. The van der Waals surface area contributed by atoms with Crippen LogP contribution < -0.4 is 4.74 Å². The van der Waals surface area contributed by atoms with Crippen LogP contribution >= 0.6 is 11.3 Å². The highest BCUT2D eigenvalue weighted by Crippen LogP contribution is 2.30. The predicted octanol–water partition coefficient (Wildman–Crippen LogP) is 3.85. The molecule has 0 N–H and O–H groups in total. The van der Waals surface area contributed by atoms with Gasteiger partial charge in [-0.15, -0.1) is 11.3 Å². The first kappa shape index (κ1) is 15.6. The Kier molecular flexibility index (Phi) is 4.15. The van der Waals surface area contributed by atoms with Crippen molar-refractivity contribution in [3.8, 4) is 22.3 Å². The topological polar surface area (TPSA) is 51.2 Å². The largest absolute Gasteiger partial charge is 0.277 e. The molecule has 3 rings (SSSR count). The summed E-state index contributed by atoms with van der Waals surface area (Å²) in [6, 6.07) is 18.0. The SMILES string of the molecule is CS(=O)(=O)c1ccc(-c2ccsc(=O)c2-c2ccccc2)cc1. The Bertz CT molecular complexity index is 986. The lowest BCUT2D eigenvalue weighted by atomic mass is 9.98. The summed E-state index contributed by atoms with van der Waals surface area (Å²) in [4.78, 5) is 12.6. The van der Waals surface area contributed by atoms with Crippen LogP contribution in [-0.2, 0) is 9.84 Å². The minimum Gasteiger partial charge on any atom is -0.277 e. The van der Waals surface area contributed by atoms with E-state index in [-0.39, 0.29) is 9.64 Å². The van der Waals surface area contributed by atoms with Gasteiger partial charge in [-0.1, -0.05) is 42.5 Å². The lowest BCUT2D eigenvalue weighted by Crippen LogP contribution is -2.01. The molecule has 0 bridgehead atoms. The van der Waals surface area contributed by atoms with E-state index in [1.807, 2.05) is 36.4 Å². The van der Waals surface area contributed by atoms with E-state index in [1.54, 1.807) is 29.6 Å². The molecule has 0 aliphatic carbocycles. The van der Waals surface area contributed by atoms with Crippen LogP contribution in [0.5, 0.6) is 0 Å². The van der Waals surface area contributed by atoms with Gasteiger partial charge in [0.05, 0.1) is 4.90 Å². The van der Waals surface area contributed by atoms with Gasteiger partial charge in [0.15, 0.2) is 9.84 Å². The van der Waals surface area contributed by atoms with Crippen LogP contribution in [0.3, 0.4) is 0 Å². The van der Waals surface area contributed by atoms with Gasteiger partial charge in [0.25, 0.3) is 0 Å². The molecule has 0 unspecified atom stereocenters. The Morgan fingerprint density at radius 2 is 1.48 bits per heavy atom. The fourth-order valence-corrected chi connectivity index (χ4v) is 3.72. The molecule has 0 aliphatic heterocycles. The molecule has 0 atom stereocenters. The van der Waals surface area contributed by atoms with Crippen molar-refractivity contribution in [1.29, 1.82) is 0 Å². The van der Waals surface area contributed by atoms with E-state index in [2.05, 4.69) is 0 Å². The number of hydrogen-bond acceptors (Lipinski definition) is 4. The monoisotopic (exact) mass is 342 g/mol. The van der Waals surface area contributed by atoms with Crippen molar-refractivity contribution >= 4 is 21.2 Å². The molecular formula is C18H14O3S2. The van der Waals surface area contributed by atoms with Gasteiger partial charge in [0, 0.05) is 11.8 Å². The zero-order valence-corrected chi connectivity index (χ0v) is 14.0. The van der Waals surface area contributed by atoms with Crippen LogP contribution in [0.15, 0.2) is 75.7 Å². The molecule has 0 amide bonds. The average molecular weight is 342 g/mol. The lowest BCUT2D eigenvalue weighted by Gasteiger charge is -2.09. The van der Waals surface area contributed by atoms with Crippen LogP contribution in [0, 0.1) is 0 Å². The second-order valence-corrected chi connectivity index (χ2v) is 8.05. The lowest BCUT2D eigenvalue weighted by molar-refractivity contribution is 0.602. The van der Waals surface area contributed by atoms with Crippen molar-refractivity contribution < 1.29 is 8.42 Å². The van der Waals surface area contributed by atoms with Gasteiger partial charge in [0.1, 0.15) is 0 Å². The van der Waals surface area contributed by atoms with Crippen LogP contribution in [0.2, 0.25) is 0 Å². The average Bonchev–Trinajstić information content (AvgIpc) is 2.55. The standard InChI is InChI=1S/C18H14O3S2/c1-23(20,21)15-9-7-13(8-10-15)16-11-12-22-18(19)17(16)14-5-3-2-4-6-14/h2-12H,1H3. The molecule has 0 spiro atoms. The molecule has 1 aromatic heterocycles. The number of rotatable bonds is 3. The van der Waals surface area contributed by atoms with E-state index in [4.69, 9.17) is 0 Å². The van der Waals surface area contributed by atoms with Crippen molar-refractivity contribution in [1.82, 2.24) is 0 Å². The third-order valence-electron chi connectivity index (χ3n) is 3.54. The van der Waals surface area contributed by atoms with Gasteiger partial charge in [-0.25, -0.2) is 8.42 Å². The highest BCUT2D eigenvalue weighted by Gasteiger charge is 2.12. The van der Waals surface area contributed by atoms with E-state index in [9.17, 15) is 13.2 Å². The highest BCUT2D eigenvalue weighted by molar-refractivity contribution is 7.90. The fourth-order valence-electron chi connectivity index (χ4n) is 2.42. The minimum absolute atomic E-state index is 0.0131. The van der Waals surface area contributed by atoms with Crippen molar-refractivity contribution in [3.05, 3.63) is 75.6 Å². The molecule has 0 fully saturated rings. The van der Waals surface area contributed by atoms with Gasteiger partial charge in [-0.3, -0.25) is 4.79 Å². The summed E-state index contributed by atoms with van der Waals surface area (Å²) >= 11 is 1.15. The molecule has 0 aliphatic rings. The summed E-state index contributed by atoms with van der Waals surface area (Å²) in [7, 11) is -3.23. The molecular weight excluding hydrogens is 328 g/mol. The van der Waals surface area contributed by atoms with Crippen LogP contribution in [0.1, 0.15) is 0 Å². The van der Waals surface area contributed by atoms with Crippen molar-refractivity contribution in [2.75, 3.05) is 6.26 Å². The quantitative estimate of drug-likeness (QED) is 0.726. The van der Waals surface area contributed by atoms with E-state index in [0.717, 1.165) is 28.0 Å². The Morgan fingerprint density at radius 1 is 0.826 bits per heavy atom. The normalized spacial score (nSPS) is 11.3. The Balaban J connectivity index is 2.18. The van der Waals surface area contributed by atoms with E-state index >= 15 is 0 Å². The maximum Gasteiger partial charge on any atom is 0.240 e. The third kappa shape index (κ3) is 3.25. The van der Waals surface area contributed by atoms with Gasteiger partial charge < -0.3 is 0 Å². The van der Waals surface area contributed by atoms with E-state index in [0.29, 0.717) is 5.56 Å². The molecule has 3 nitrogen and oxygen atoms in total.